The first-order valence-electron chi connectivity index (χ1n) is 11.6. The van der Waals surface area contributed by atoms with Gasteiger partial charge in [0.25, 0.3) is 5.91 Å². The van der Waals surface area contributed by atoms with Crippen LogP contribution in [0.4, 0.5) is 18.9 Å². The smallest absolute Gasteiger partial charge is 0.392 e. The monoisotopic (exact) mass is 494 g/mol. The first kappa shape index (κ1) is 24.0. The number of hydrogen-bond donors (Lipinski definition) is 2. The first-order valence-corrected chi connectivity index (χ1v) is 11.6. The van der Waals surface area contributed by atoms with Gasteiger partial charge in [-0.3, -0.25) is 14.1 Å². The largest absolute Gasteiger partial charge is 0.416 e. The van der Waals surface area contributed by atoms with E-state index in [-0.39, 0.29) is 17.8 Å². The molecule has 186 valence electrons. The lowest BCUT2D eigenvalue weighted by Gasteiger charge is -2.20. The molecule has 1 saturated heterocycles. The number of amides is 1. The zero-order valence-electron chi connectivity index (χ0n) is 19.6. The van der Waals surface area contributed by atoms with Gasteiger partial charge in [-0.05, 0) is 60.9 Å². The maximum Gasteiger partial charge on any atom is 0.416 e. The fourth-order valence-corrected chi connectivity index (χ4v) is 4.63. The molecular weight excluding hydrogens is 469 g/mol. The highest BCUT2D eigenvalue weighted by Crippen LogP contribution is 2.35. The summed E-state index contributed by atoms with van der Waals surface area (Å²) in [5, 5.41) is 12.3. The Kier molecular flexibility index (Phi) is 6.27. The summed E-state index contributed by atoms with van der Waals surface area (Å²) in [6.45, 7) is 2.89. The number of aromatic nitrogens is 2. The van der Waals surface area contributed by atoms with E-state index in [1.54, 1.807) is 29.3 Å². The number of imidazole rings is 1. The number of carbonyl (C=O) groups is 1. The topological polar surface area (TPSA) is 69.9 Å². The lowest BCUT2D eigenvalue weighted by Crippen LogP contribution is -2.23. The average molecular weight is 495 g/mol. The van der Waals surface area contributed by atoms with E-state index in [4.69, 9.17) is 0 Å². The highest BCUT2D eigenvalue weighted by atomic mass is 19.4. The summed E-state index contributed by atoms with van der Waals surface area (Å²) in [4.78, 5) is 19.2. The van der Waals surface area contributed by atoms with Crippen LogP contribution in [0, 0.1) is 6.92 Å². The molecule has 0 aliphatic carbocycles. The lowest BCUT2D eigenvalue weighted by atomic mass is 10.0. The van der Waals surface area contributed by atoms with Crippen LogP contribution >= 0.6 is 0 Å². The van der Waals surface area contributed by atoms with E-state index in [2.05, 4.69) is 10.3 Å². The number of alkyl halides is 3. The van der Waals surface area contributed by atoms with Gasteiger partial charge in [0.05, 0.1) is 23.6 Å². The summed E-state index contributed by atoms with van der Waals surface area (Å²) in [7, 11) is 0. The Morgan fingerprint density at radius 3 is 2.75 bits per heavy atom. The van der Waals surface area contributed by atoms with Crippen molar-refractivity contribution >= 4 is 17.2 Å². The predicted molar refractivity (Wildman–Crippen MR) is 131 cm³/mol. The van der Waals surface area contributed by atoms with Gasteiger partial charge >= 0.3 is 6.18 Å². The Morgan fingerprint density at radius 1 is 1.17 bits per heavy atom. The standard InChI is InChI=1S/C27H25F3N4O2/c1-17-5-6-18(12-22(17)24-14-31-25-4-2-3-10-34(24)25)26(36)32-20-8-7-19(23(13-20)27(28,29)30)15-33-11-9-21(35)16-33/h2-8,10,12-14,21,35H,9,11,15-16H2,1H3,(H,32,36)/t21-/m1/s1. The molecule has 0 unspecified atom stereocenters. The fourth-order valence-electron chi connectivity index (χ4n) is 4.63. The Morgan fingerprint density at radius 2 is 2.00 bits per heavy atom. The molecule has 1 fully saturated rings. The number of aliphatic hydroxyl groups excluding tert-OH is 1. The van der Waals surface area contributed by atoms with Gasteiger partial charge in [-0.1, -0.05) is 18.2 Å². The van der Waals surface area contributed by atoms with Crippen molar-refractivity contribution in [3.05, 3.63) is 89.2 Å². The minimum absolute atomic E-state index is 0.0643. The van der Waals surface area contributed by atoms with Crippen molar-refractivity contribution in [3.63, 3.8) is 0 Å². The highest BCUT2D eigenvalue weighted by molar-refractivity contribution is 6.05. The fraction of sp³-hybridized carbons (Fsp3) is 0.259. The van der Waals surface area contributed by atoms with Crippen LogP contribution in [0.3, 0.4) is 0 Å². The van der Waals surface area contributed by atoms with Crippen molar-refractivity contribution in [2.75, 3.05) is 18.4 Å². The summed E-state index contributed by atoms with van der Waals surface area (Å²) >= 11 is 0. The number of halogens is 3. The van der Waals surface area contributed by atoms with E-state index in [0.29, 0.717) is 25.1 Å². The van der Waals surface area contributed by atoms with E-state index < -0.39 is 23.8 Å². The molecule has 2 aromatic heterocycles. The van der Waals surface area contributed by atoms with Crippen LogP contribution in [0.5, 0.6) is 0 Å². The van der Waals surface area contributed by atoms with Crippen molar-refractivity contribution in [2.45, 2.75) is 32.2 Å². The number of likely N-dealkylation sites (tertiary alicyclic amines) is 1. The Labute approximate surface area is 206 Å². The van der Waals surface area contributed by atoms with Gasteiger partial charge in [0.1, 0.15) is 5.65 Å². The molecule has 1 aliphatic rings. The molecule has 0 bridgehead atoms. The van der Waals surface area contributed by atoms with Crippen LogP contribution in [-0.4, -0.2) is 44.5 Å². The minimum atomic E-state index is -4.57. The number of nitrogens with one attached hydrogen (secondary N) is 1. The zero-order chi connectivity index (χ0) is 25.4. The SMILES string of the molecule is Cc1ccc(C(=O)Nc2ccc(CN3CC[C@@H](O)C3)c(C(F)(F)F)c2)cc1-c1cnc2ccccn12. The van der Waals surface area contributed by atoms with Crippen LogP contribution in [0.15, 0.2) is 67.0 Å². The van der Waals surface area contributed by atoms with Crippen molar-refractivity contribution in [3.8, 4) is 11.3 Å². The van der Waals surface area contributed by atoms with Crippen molar-refractivity contribution in [1.29, 1.82) is 0 Å². The normalized spacial score (nSPS) is 16.5. The summed E-state index contributed by atoms with van der Waals surface area (Å²) in [6.07, 6.45) is -0.935. The van der Waals surface area contributed by atoms with Crippen LogP contribution in [0.2, 0.25) is 0 Å². The van der Waals surface area contributed by atoms with Crippen molar-refractivity contribution in [1.82, 2.24) is 14.3 Å². The number of fused-ring (bicyclic) bond motifs is 1. The molecule has 0 saturated carbocycles. The maximum absolute atomic E-state index is 13.8. The van der Waals surface area contributed by atoms with Crippen LogP contribution in [0.1, 0.15) is 33.5 Å². The first-order chi connectivity index (χ1) is 17.2. The number of carbonyl (C=O) groups excluding carboxylic acids is 1. The van der Waals surface area contributed by atoms with E-state index in [0.717, 1.165) is 28.5 Å². The molecule has 0 radical (unpaired) electrons. The second kappa shape index (κ2) is 9.40. The van der Waals surface area contributed by atoms with Gasteiger partial charge in [-0.25, -0.2) is 4.98 Å². The molecule has 9 heteroatoms. The summed E-state index contributed by atoms with van der Waals surface area (Å²) in [5.74, 6) is -0.506. The number of hydrogen-bond acceptors (Lipinski definition) is 4. The third kappa shape index (κ3) is 4.84. The average Bonchev–Trinajstić information content (AvgIpc) is 3.45. The number of rotatable bonds is 5. The molecule has 5 rings (SSSR count). The van der Waals surface area contributed by atoms with E-state index in [1.807, 2.05) is 35.7 Å². The molecule has 2 aromatic carbocycles. The minimum Gasteiger partial charge on any atom is -0.392 e. The quantitative estimate of drug-likeness (QED) is 0.403. The lowest BCUT2D eigenvalue weighted by molar-refractivity contribution is -0.138. The maximum atomic E-state index is 13.8. The van der Waals surface area contributed by atoms with Crippen molar-refractivity contribution in [2.24, 2.45) is 0 Å². The molecule has 0 spiro atoms. The molecule has 3 heterocycles. The summed E-state index contributed by atoms with van der Waals surface area (Å²) in [6, 6.07) is 14.7. The molecule has 1 aliphatic heterocycles. The second-order valence-electron chi connectivity index (χ2n) is 9.10. The van der Waals surface area contributed by atoms with Crippen molar-refractivity contribution < 1.29 is 23.1 Å². The number of aliphatic hydroxyl groups is 1. The zero-order valence-corrected chi connectivity index (χ0v) is 19.6. The molecule has 36 heavy (non-hydrogen) atoms. The third-order valence-corrected chi connectivity index (χ3v) is 6.51. The predicted octanol–water partition coefficient (Wildman–Crippen LogP) is 5.15. The summed E-state index contributed by atoms with van der Waals surface area (Å²) < 4.78 is 43.4. The molecule has 1 amide bonds. The number of aryl methyl sites for hydroxylation is 1. The second-order valence-corrected chi connectivity index (χ2v) is 9.10. The van der Waals surface area contributed by atoms with E-state index in [9.17, 15) is 23.1 Å². The number of nitrogens with zero attached hydrogens (tertiary/aromatic N) is 3. The molecule has 6 nitrogen and oxygen atoms in total. The number of β-amino-alcohol motifs (C(OH)–C–C–N with tert-alkyl or cyclic N) is 1. The Balaban J connectivity index is 1.41. The van der Waals surface area contributed by atoms with E-state index in [1.165, 1.54) is 12.1 Å². The Hall–Kier alpha value is -3.69. The van der Waals surface area contributed by atoms with Gasteiger partial charge < -0.3 is 10.4 Å². The number of anilines is 1. The third-order valence-electron chi connectivity index (χ3n) is 6.51. The molecule has 2 N–H and O–H groups in total. The molecular formula is C27H25F3N4O2. The summed E-state index contributed by atoms with van der Waals surface area (Å²) in [5.41, 5.74) is 3.03. The van der Waals surface area contributed by atoms with Gasteiger partial charge in [0.15, 0.2) is 0 Å². The van der Waals surface area contributed by atoms with Crippen LogP contribution in [-0.2, 0) is 12.7 Å². The highest BCUT2D eigenvalue weighted by Gasteiger charge is 2.34. The van der Waals surface area contributed by atoms with Crippen LogP contribution < -0.4 is 5.32 Å². The molecule has 4 aromatic rings. The molecule has 1 atom stereocenters. The van der Waals surface area contributed by atoms with Crippen LogP contribution in [0.25, 0.3) is 16.9 Å². The van der Waals surface area contributed by atoms with Gasteiger partial charge in [0, 0.05) is 42.6 Å². The van der Waals surface area contributed by atoms with Gasteiger partial charge in [0.2, 0.25) is 0 Å². The number of pyridine rings is 1. The van der Waals surface area contributed by atoms with Gasteiger partial charge in [-0.2, -0.15) is 13.2 Å². The Bertz CT molecular complexity index is 1430. The van der Waals surface area contributed by atoms with Gasteiger partial charge in [-0.15, -0.1) is 0 Å². The number of benzene rings is 2. The van der Waals surface area contributed by atoms with E-state index >= 15 is 0 Å².